The molecule has 0 aromatic heterocycles. The first-order valence-electron chi connectivity index (χ1n) is 10.4. The Morgan fingerprint density at radius 1 is 0.903 bits per heavy atom. The predicted molar refractivity (Wildman–Crippen MR) is 121 cm³/mol. The lowest BCUT2D eigenvalue weighted by atomic mass is 10.0. The number of ether oxygens (including phenoxy) is 1. The summed E-state index contributed by atoms with van der Waals surface area (Å²) < 4.78 is 32.3. The zero-order chi connectivity index (χ0) is 21.8. The first kappa shape index (κ1) is 21.3. The van der Waals surface area contributed by atoms with Gasteiger partial charge in [-0.2, -0.15) is 4.31 Å². The van der Waals surface area contributed by atoms with E-state index < -0.39 is 10.0 Å². The summed E-state index contributed by atoms with van der Waals surface area (Å²) in [5.74, 6) is 0.676. The second-order valence-electron chi connectivity index (χ2n) is 7.64. The molecule has 0 aliphatic carbocycles. The maximum Gasteiger partial charge on any atom is 0.243 e. The van der Waals surface area contributed by atoms with E-state index in [0.29, 0.717) is 44.8 Å². The molecule has 3 aromatic carbocycles. The van der Waals surface area contributed by atoms with Gasteiger partial charge in [-0.3, -0.25) is 4.79 Å². The van der Waals surface area contributed by atoms with E-state index in [4.69, 9.17) is 4.74 Å². The summed E-state index contributed by atoms with van der Waals surface area (Å²) >= 11 is 0. The highest BCUT2D eigenvalue weighted by atomic mass is 32.2. The van der Waals surface area contributed by atoms with Crippen LogP contribution in [-0.4, -0.2) is 56.8 Å². The van der Waals surface area contributed by atoms with E-state index in [9.17, 15) is 13.2 Å². The molecule has 3 aromatic rings. The third kappa shape index (κ3) is 4.73. The Balaban J connectivity index is 1.32. The van der Waals surface area contributed by atoms with Gasteiger partial charge in [0.25, 0.3) is 0 Å². The molecule has 0 N–H and O–H groups in total. The monoisotopic (exact) mass is 438 g/mol. The zero-order valence-electron chi connectivity index (χ0n) is 17.5. The SMILES string of the molecule is COc1ccc(S(=O)(=O)N2CCN(C(=O)CCc3ccc4ccccc4c3)CC2)cc1. The van der Waals surface area contributed by atoms with Gasteiger partial charge in [-0.15, -0.1) is 0 Å². The number of aryl methyl sites for hydroxylation is 1. The Hall–Kier alpha value is -2.90. The molecule has 7 heteroatoms. The van der Waals surface area contributed by atoms with Crippen molar-refractivity contribution in [2.24, 2.45) is 0 Å². The number of sulfonamides is 1. The lowest BCUT2D eigenvalue weighted by molar-refractivity contribution is -0.132. The lowest BCUT2D eigenvalue weighted by Crippen LogP contribution is -2.50. The standard InChI is InChI=1S/C24H26N2O4S/c1-30-22-9-11-23(12-10-22)31(28,29)26-16-14-25(15-17-26)24(27)13-7-19-6-8-20-4-2-3-5-21(20)18-19/h2-6,8-12,18H,7,13-17H2,1H3. The molecule has 1 saturated heterocycles. The second-order valence-corrected chi connectivity index (χ2v) is 9.58. The summed E-state index contributed by atoms with van der Waals surface area (Å²) in [4.78, 5) is 14.7. The van der Waals surface area contributed by atoms with Crippen LogP contribution >= 0.6 is 0 Å². The second kappa shape index (κ2) is 9.08. The molecule has 162 valence electrons. The summed E-state index contributed by atoms with van der Waals surface area (Å²) in [7, 11) is -2.03. The molecule has 0 saturated carbocycles. The quantitative estimate of drug-likeness (QED) is 0.592. The Labute approximate surface area is 183 Å². The van der Waals surface area contributed by atoms with Crippen LogP contribution in [0.25, 0.3) is 10.8 Å². The smallest absolute Gasteiger partial charge is 0.243 e. The molecule has 0 radical (unpaired) electrons. The van der Waals surface area contributed by atoms with Gasteiger partial charge in [0.1, 0.15) is 5.75 Å². The number of fused-ring (bicyclic) bond motifs is 1. The molecule has 1 amide bonds. The van der Waals surface area contributed by atoms with E-state index in [2.05, 4.69) is 30.3 Å². The van der Waals surface area contributed by atoms with E-state index in [-0.39, 0.29) is 10.8 Å². The van der Waals surface area contributed by atoms with E-state index in [1.165, 1.54) is 15.1 Å². The number of carbonyl (C=O) groups is 1. The van der Waals surface area contributed by atoms with Crippen LogP contribution < -0.4 is 4.74 Å². The Morgan fingerprint density at radius 3 is 2.26 bits per heavy atom. The maximum atomic E-state index is 12.9. The molecule has 0 atom stereocenters. The number of hydrogen-bond donors (Lipinski definition) is 0. The third-order valence-electron chi connectivity index (χ3n) is 5.73. The minimum absolute atomic E-state index is 0.0645. The van der Waals surface area contributed by atoms with Gasteiger partial charge in [0.15, 0.2) is 0 Å². The van der Waals surface area contributed by atoms with Crippen molar-refractivity contribution in [3.8, 4) is 5.75 Å². The average molecular weight is 439 g/mol. The maximum absolute atomic E-state index is 12.9. The molecule has 31 heavy (non-hydrogen) atoms. The van der Waals surface area contributed by atoms with E-state index in [1.807, 2.05) is 12.1 Å². The summed E-state index contributed by atoms with van der Waals surface area (Å²) in [5, 5.41) is 2.36. The number of rotatable bonds is 6. The van der Waals surface area contributed by atoms with E-state index in [0.717, 1.165) is 5.56 Å². The van der Waals surface area contributed by atoms with Crippen LogP contribution in [0.1, 0.15) is 12.0 Å². The molecule has 0 unspecified atom stereocenters. The number of methoxy groups -OCH3 is 1. The largest absolute Gasteiger partial charge is 0.497 e. The Morgan fingerprint density at radius 2 is 1.58 bits per heavy atom. The molecular weight excluding hydrogens is 412 g/mol. The van der Waals surface area contributed by atoms with Crippen LogP contribution in [0.15, 0.2) is 71.6 Å². The van der Waals surface area contributed by atoms with Crippen molar-refractivity contribution >= 4 is 26.7 Å². The highest BCUT2D eigenvalue weighted by Gasteiger charge is 2.30. The first-order chi connectivity index (χ1) is 15.0. The van der Waals surface area contributed by atoms with Crippen molar-refractivity contribution in [3.05, 3.63) is 72.3 Å². The predicted octanol–water partition coefficient (Wildman–Crippen LogP) is 3.31. The number of carbonyl (C=O) groups excluding carboxylic acids is 1. The molecule has 1 aliphatic heterocycles. The summed E-state index contributed by atoms with van der Waals surface area (Å²) in [6.45, 7) is 1.42. The van der Waals surface area contributed by atoms with Crippen molar-refractivity contribution in [2.75, 3.05) is 33.3 Å². The molecular formula is C24H26N2O4S. The summed E-state index contributed by atoms with van der Waals surface area (Å²) in [6.07, 6.45) is 1.09. The fraction of sp³-hybridized carbons (Fsp3) is 0.292. The van der Waals surface area contributed by atoms with Crippen LogP contribution in [-0.2, 0) is 21.2 Å². The van der Waals surface area contributed by atoms with Crippen LogP contribution in [0.3, 0.4) is 0 Å². The molecule has 1 fully saturated rings. The van der Waals surface area contributed by atoms with Gasteiger partial charge in [-0.05, 0) is 47.0 Å². The molecule has 0 bridgehead atoms. The van der Waals surface area contributed by atoms with Gasteiger partial charge in [0.2, 0.25) is 15.9 Å². The number of piperazine rings is 1. The molecule has 1 aliphatic rings. The highest BCUT2D eigenvalue weighted by molar-refractivity contribution is 7.89. The fourth-order valence-electron chi connectivity index (χ4n) is 3.88. The first-order valence-corrected chi connectivity index (χ1v) is 11.8. The van der Waals surface area contributed by atoms with E-state index in [1.54, 1.807) is 36.3 Å². The third-order valence-corrected chi connectivity index (χ3v) is 7.64. The topological polar surface area (TPSA) is 66.9 Å². The van der Waals surface area contributed by atoms with Crippen LogP contribution in [0.5, 0.6) is 5.75 Å². The molecule has 1 heterocycles. The van der Waals surface area contributed by atoms with Crippen LogP contribution in [0.4, 0.5) is 0 Å². The van der Waals surface area contributed by atoms with Gasteiger partial charge >= 0.3 is 0 Å². The minimum Gasteiger partial charge on any atom is -0.497 e. The highest BCUT2D eigenvalue weighted by Crippen LogP contribution is 2.21. The molecule has 0 spiro atoms. The van der Waals surface area contributed by atoms with Crippen molar-refractivity contribution in [1.82, 2.24) is 9.21 Å². The number of benzene rings is 3. The van der Waals surface area contributed by atoms with Gasteiger partial charge in [0, 0.05) is 32.6 Å². The van der Waals surface area contributed by atoms with Gasteiger partial charge < -0.3 is 9.64 Å². The van der Waals surface area contributed by atoms with Crippen molar-refractivity contribution in [3.63, 3.8) is 0 Å². The fourth-order valence-corrected chi connectivity index (χ4v) is 5.30. The molecule has 6 nitrogen and oxygen atoms in total. The number of amides is 1. The normalized spacial score (nSPS) is 15.2. The zero-order valence-corrected chi connectivity index (χ0v) is 18.3. The van der Waals surface area contributed by atoms with Gasteiger partial charge in [-0.25, -0.2) is 8.42 Å². The Kier molecular flexibility index (Phi) is 6.25. The van der Waals surface area contributed by atoms with Crippen molar-refractivity contribution < 1.29 is 17.9 Å². The molecule has 4 rings (SSSR count). The summed E-state index contributed by atoms with van der Waals surface area (Å²) in [5.41, 5.74) is 1.13. The number of nitrogens with zero attached hydrogens (tertiary/aromatic N) is 2. The average Bonchev–Trinajstić information content (AvgIpc) is 2.82. The van der Waals surface area contributed by atoms with Crippen molar-refractivity contribution in [1.29, 1.82) is 0 Å². The van der Waals surface area contributed by atoms with Crippen LogP contribution in [0.2, 0.25) is 0 Å². The van der Waals surface area contributed by atoms with Crippen molar-refractivity contribution in [2.45, 2.75) is 17.7 Å². The van der Waals surface area contributed by atoms with Gasteiger partial charge in [-0.1, -0.05) is 42.5 Å². The number of hydrogen-bond acceptors (Lipinski definition) is 4. The lowest BCUT2D eigenvalue weighted by Gasteiger charge is -2.34. The summed E-state index contributed by atoms with van der Waals surface area (Å²) in [6, 6.07) is 20.8. The Bertz CT molecular complexity index is 1170. The van der Waals surface area contributed by atoms with E-state index >= 15 is 0 Å². The van der Waals surface area contributed by atoms with Crippen LogP contribution in [0, 0.1) is 0 Å². The van der Waals surface area contributed by atoms with Gasteiger partial charge in [0.05, 0.1) is 12.0 Å². The minimum atomic E-state index is -3.57.